The molecular weight excluding hydrogens is 216 g/mol. The largest absolute Gasteiger partial charge is 0.530 e. The molecule has 0 saturated carbocycles. The van der Waals surface area contributed by atoms with Gasteiger partial charge in [0.2, 0.25) is 0 Å². The molecule has 0 fully saturated rings. The van der Waals surface area contributed by atoms with Crippen LogP contribution in [0, 0.1) is 0 Å². The number of rotatable bonds is 9. The molecule has 0 aromatic rings. The number of ether oxygens (including phenoxy) is 1. The molecule has 6 heteroatoms. The maximum atomic E-state index is 8.66. The van der Waals surface area contributed by atoms with Crippen molar-refractivity contribution in [1.82, 2.24) is 0 Å². The zero-order chi connectivity index (χ0) is 11.7. The van der Waals surface area contributed by atoms with E-state index >= 15 is 0 Å². The molecule has 0 saturated heterocycles. The van der Waals surface area contributed by atoms with Crippen LogP contribution < -0.4 is 0 Å². The summed E-state index contributed by atoms with van der Waals surface area (Å²) in [5, 5.41) is 8.66. The van der Waals surface area contributed by atoms with Crippen LogP contribution in [0.1, 0.15) is 19.8 Å². The second kappa shape index (κ2) is 8.20. The van der Waals surface area contributed by atoms with E-state index < -0.39 is 8.80 Å². The first-order chi connectivity index (χ1) is 7.20. The maximum Gasteiger partial charge on any atom is 0.530 e. The van der Waals surface area contributed by atoms with Gasteiger partial charge in [-0.3, -0.25) is 0 Å². The molecule has 0 aliphatic rings. The Morgan fingerprint density at radius 3 is 2.00 bits per heavy atom. The van der Waals surface area contributed by atoms with Gasteiger partial charge in [-0.1, -0.05) is 6.92 Å². The molecule has 0 bridgehead atoms. The molecule has 1 atom stereocenters. The molecule has 5 nitrogen and oxygen atoms in total. The first-order valence-electron chi connectivity index (χ1n) is 5.08. The normalized spacial score (nSPS) is 14.2. The minimum atomic E-state index is -2.70. The summed E-state index contributed by atoms with van der Waals surface area (Å²) >= 11 is 0. The molecule has 0 aromatic heterocycles. The molecule has 0 radical (unpaired) electrons. The smallest absolute Gasteiger partial charge is 0.396 e. The molecular formula is C9H22O5Si. The Bertz CT molecular complexity index is 143. The van der Waals surface area contributed by atoms with Crippen LogP contribution in [0.5, 0.6) is 0 Å². The average molecular weight is 238 g/mol. The number of aliphatic hydroxyl groups excluding tert-OH is 1. The van der Waals surface area contributed by atoms with Gasteiger partial charge in [-0.2, -0.15) is 0 Å². The van der Waals surface area contributed by atoms with Gasteiger partial charge in [0.15, 0.2) is 0 Å². The molecule has 15 heavy (non-hydrogen) atoms. The Labute approximate surface area is 92.7 Å². The predicted molar refractivity (Wildman–Crippen MR) is 58.5 cm³/mol. The summed E-state index contributed by atoms with van der Waals surface area (Å²) in [5.74, 6) is 0. The van der Waals surface area contributed by atoms with Gasteiger partial charge in [0, 0.05) is 34.5 Å². The van der Waals surface area contributed by atoms with Crippen molar-refractivity contribution in [2.75, 3.05) is 34.5 Å². The fraction of sp³-hybridized carbons (Fsp3) is 1.00. The molecule has 0 rings (SSSR count). The molecule has 1 unspecified atom stereocenters. The summed E-state index contributed by atoms with van der Waals surface area (Å²) in [6.45, 7) is 2.60. The van der Waals surface area contributed by atoms with E-state index in [0.717, 1.165) is 6.42 Å². The number of hydrogen-bond acceptors (Lipinski definition) is 5. The predicted octanol–water partition coefficient (Wildman–Crippen LogP) is 0.581. The van der Waals surface area contributed by atoms with Gasteiger partial charge in [0.1, 0.15) is 5.73 Å². The van der Waals surface area contributed by atoms with Crippen LogP contribution in [0.4, 0.5) is 0 Å². The van der Waals surface area contributed by atoms with Gasteiger partial charge in [-0.05, 0) is 12.8 Å². The van der Waals surface area contributed by atoms with Crippen LogP contribution in [0.25, 0.3) is 0 Å². The van der Waals surface area contributed by atoms with Crippen molar-refractivity contribution in [3.63, 3.8) is 0 Å². The van der Waals surface area contributed by atoms with E-state index in [1.807, 2.05) is 6.92 Å². The minimum Gasteiger partial charge on any atom is -0.396 e. The highest BCUT2D eigenvalue weighted by Gasteiger charge is 2.47. The van der Waals surface area contributed by atoms with E-state index in [1.165, 1.54) is 0 Å². The Balaban J connectivity index is 4.31. The first-order valence-corrected chi connectivity index (χ1v) is 6.88. The second-order valence-corrected chi connectivity index (χ2v) is 6.14. The average Bonchev–Trinajstić information content (AvgIpc) is 2.29. The zero-order valence-corrected chi connectivity index (χ0v) is 11.0. The lowest BCUT2D eigenvalue weighted by Crippen LogP contribution is -2.55. The quantitative estimate of drug-likeness (QED) is 0.470. The summed E-state index contributed by atoms with van der Waals surface area (Å²) in [6, 6.07) is 0. The van der Waals surface area contributed by atoms with E-state index in [0.29, 0.717) is 13.0 Å². The van der Waals surface area contributed by atoms with Gasteiger partial charge in [-0.15, -0.1) is 0 Å². The van der Waals surface area contributed by atoms with Crippen molar-refractivity contribution in [3.8, 4) is 0 Å². The van der Waals surface area contributed by atoms with Crippen molar-refractivity contribution < 1.29 is 23.1 Å². The molecule has 1 N–H and O–H groups in total. The SMILES string of the molecule is CCC(OCCCO)[Si](OC)(OC)OC. The summed E-state index contributed by atoms with van der Waals surface area (Å²) in [6.07, 6.45) is 1.37. The van der Waals surface area contributed by atoms with Crippen LogP contribution in [0.2, 0.25) is 0 Å². The topological polar surface area (TPSA) is 57.2 Å². The summed E-state index contributed by atoms with van der Waals surface area (Å²) in [7, 11) is 2.00. The Kier molecular flexibility index (Phi) is 8.21. The third-order valence-corrected chi connectivity index (χ3v) is 5.31. The van der Waals surface area contributed by atoms with Crippen LogP contribution >= 0.6 is 0 Å². The van der Waals surface area contributed by atoms with Gasteiger partial charge >= 0.3 is 8.80 Å². The van der Waals surface area contributed by atoms with Crippen LogP contribution in [0.3, 0.4) is 0 Å². The molecule has 0 heterocycles. The van der Waals surface area contributed by atoms with Crippen molar-refractivity contribution in [2.45, 2.75) is 25.5 Å². The standard InChI is InChI=1S/C9H22O5Si/c1-5-9(14-8-6-7-10)15(11-2,12-3)13-4/h9-10H,5-8H2,1-4H3. The molecule has 0 aliphatic carbocycles. The molecule has 0 amide bonds. The van der Waals surface area contributed by atoms with Gasteiger partial charge in [0.25, 0.3) is 0 Å². The van der Waals surface area contributed by atoms with Crippen molar-refractivity contribution in [2.24, 2.45) is 0 Å². The summed E-state index contributed by atoms with van der Waals surface area (Å²) in [4.78, 5) is 0. The Morgan fingerprint density at radius 2 is 1.67 bits per heavy atom. The molecule has 0 aliphatic heterocycles. The lowest BCUT2D eigenvalue weighted by molar-refractivity contribution is 0.00738. The first kappa shape index (κ1) is 15.0. The maximum absolute atomic E-state index is 8.66. The van der Waals surface area contributed by atoms with E-state index in [2.05, 4.69) is 0 Å². The van der Waals surface area contributed by atoms with Crippen LogP contribution in [-0.2, 0) is 18.0 Å². The lowest BCUT2D eigenvalue weighted by atomic mass is 10.5. The number of aliphatic hydroxyl groups is 1. The fourth-order valence-corrected chi connectivity index (χ4v) is 3.52. The highest BCUT2D eigenvalue weighted by atomic mass is 28.4. The lowest BCUT2D eigenvalue weighted by Gasteiger charge is -2.31. The highest BCUT2D eigenvalue weighted by molar-refractivity contribution is 6.62. The molecule has 0 spiro atoms. The van der Waals surface area contributed by atoms with Gasteiger partial charge in [-0.25, -0.2) is 0 Å². The van der Waals surface area contributed by atoms with Crippen molar-refractivity contribution >= 4 is 8.80 Å². The van der Waals surface area contributed by atoms with E-state index in [-0.39, 0.29) is 12.3 Å². The van der Waals surface area contributed by atoms with Gasteiger partial charge < -0.3 is 23.1 Å². The Morgan fingerprint density at radius 1 is 1.13 bits per heavy atom. The third kappa shape index (κ3) is 4.18. The van der Waals surface area contributed by atoms with Crippen LogP contribution in [0.15, 0.2) is 0 Å². The third-order valence-electron chi connectivity index (χ3n) is 2.24. The fourth-order valence-electron chi connectivity index (χ4n) is 1.40. The number of hydrogen-bond donors (Lipinski definition) is 1. The van der Waals surface area contributed by atoms with E-state index in [4.69, 9.17) is 23.1 Å². The van der Waals surface area contributed by atoms with Crippen molar-refractivity contribution in [1.29, 1.82) is 0 Å². The zero-order valence-electron chi connectivity index (χ0n) is 9.99. The van der Waals surface area contributed by atoms with Crippen LogP contribution in [-0.4, -0.2) is 54.2 Å². The summed E-state index contributed by atoms with van der Waals surface area (Å²) in [5.41, 5.74) is -0.177. The Hall–Kier alpha value is 0.0169. The van der Waals surface area contributed by atoms with E-state index in [1.54, 1.807) is 21.3 Å². The molecule has 0 aromatic carbocycles. The highest BCUT2D eigenvalue weighted by Crippen LogP contribution is 2.18. The van der Waals surface area contributed by atoms with Crippen molar-refractivity contribution in [3.05, 3.63) is 0 Å². The van der Waals surface area contributed by atoms with E-state index in [9.17, 15) is 0 Å². The monoisotopic (exact) mass is 238 g/mol. The minimum absolute atomic E-state index is 0.123. The van der Waals surface area contributed by atoms with Gasteiger partial charge in [0.05, 0.1) is 0 Å². The molecule has 92 valence electrons. The second-order valence-electron chi connectivity index (χ2n) is 3.06. The summed E-state index contributed by atoms with van der Waals surface area (Å²) < 4.78 is 21.6.